The first kappa shape index (κ1) is 11.0. The normalized spacial score (nSPS) is 21.4. The lowest BCUT2D eigenvalue weighted by atomic mass is 10.2. The van der Waals surface area contributed by atoms with Crippen LogP contribution in [-0.2, 0) is 6.54 Å². The van der Waals surface area contributed by atoms with Crippen LogP contribution in [-0.4, -0.2) is 39.3 Å². The molecule has 0 amide bonds. The molecule has 17 heavy (non-hydrogen) atoms. The lowest BCUT2D eigenvalue weighted by Gasteiger charge is -2.19. The molecule has 5 heteroatoms. The first-order valence-electron chi connectivity index (χ1n) is 5.92. The number of likely N-dealkylation sites (N-methyl/N-ethyl adjacent to an activating group) is 1. The molecule has 0 bridgehead atoms. The van der Waals surface area contributed by atoms with Crippen molar-refractivity contribution in [1.82, 2.24) is 19.7 Å². The molecular formula is C12H15ClN4. The molecule has 1 saturated heterocycles. The third kappa shape index (κ3) is 2.03. The number of halogens is 1. The van der Waals surface area contributed by atoms with Gasteiger partial charge in [0, 0.05) is 24.2 Å². The number of likely N-dealkylation sites (tertiary alicyclic amines) is 1. The Morgan fingerprint density at radius 3 is 3.12 bits per heavy atom. The van der Waals surface area contributed by atoms with E-state index in [0.717, 1.165) is 17.6 Å². The summed E-state index contributed by atoms with van der Waals surface area (Å²) in [6.45, 7) is 2.18. The minimum atomic E-state index is 0.452. The summed E-state index contributed by atoms with van der Waals surface area (Å²) >= 11 is 5.83. The predicted octanol–water partition coefficient (Wildman–Crippen LogP) is 2.18. The van der Waals surface area contributed by atoms with Gasteiger partial charge < -0.3 is 9.47 Å². The van der Waals surface area contributed by atoms with Crippen LogP contribution in [0.2, 0.25) is 5.15 Å². The molecule has 1 unspecified atom stereocenters. The smallest absolute Gasteiger partial charge is 0.162 e. The lowest BCUT2D eigenvalue weighted by Crippen LogP contribution is -2.29. The number of nitrogens with zero attached hydrogens (tertiary/aromatic N) is 4. The Hall–Kier alpha value is -1.13. The van der Waals surface area contributed by atoms with E-state index < -0.39 is 0 Å². The Bertz CT molecular complexity index is 536. The number of aromatic nitrogens is 3. The van der Waals surface area contributed by atoms with Gasteiger partial charge in [0.25, 0.3) is 0 Å². The molecule has 0 N–H and O–H groups in total. The minimum absolute atomic E-state index is 0.452. The fraction of sp³-hybridized carbons (Fsp3) is 0.500. The molecule has 3 heterocycles. The molecule has 0 spiro atoms. The maximum absolute atomic E-state index is 5.83. The van der Waals surface area contributed by atoms with E-state index in [-0.39, 0.29) is 0 Å². The van der Waals surface area contributed by atoms with E-state index in [1.165, 1.54) is 19.4 Å². The molecule has 2 aromatic rings. The van der Waals surface area contributed by atoms with E-state index in [4.69, 9.17) is 11.6 Å². The van der Waals surface area contributed by atoms with Gasteiger partial charge in [0.2, 0.25) is 0 Å². The summed E-state index contributed by atoms with van der Waals surface area (Å²) < 4.78 is 2.17. The molecule has 1 fully saturated rings. The second-order valence-corrected chi connectivity index (χ2v) is 5.08. The van der Waals surface area contributed by atoms with E-state index in [1.54, 1.807) is 0 Å². The van der Waals surface area contributed by atoms with Gasteiger partial charge in [-0.1, -0.05) is 11.6 Å². The van der Waals surface area contributed by atoms with E-state index in [1.807, 2.05) is 12.1 Å². The van der Waals surface area contributed by atoms with Gasteiger partial charge in [-0.3, -0.25) is 0 Å². The molecule has 2 aromatic heterocycles. The number of fused-ring (bicyclic) bond motifs is 1. The van der Waals surface area contributed by atoms with Crippen LogP contribution in [0.15, 0.2) is 18.3 Å². The molecule has 0 aromatic carbocycles. The molecule has 90 valence electrons. The van der Waals surface area contributed by atoms with Crippen molar-refractivity contribution >= 4 is 22.6 Å². The number of rotatable bonds is 2. The van der Waals surface area contributed by atoms with Gasteiger partial charge in [0.05, 0.1) is 0 Å². The zero-order chi connectivity index (χ0) is 11.8. The van der Waals surface area contributed by atoms with Gasteiger partial charge in [-0.15, -0.1) is 10.2 Å². The van der Waals surface area contributed by atoms with Crippen LogP contribution in [0.5, 0.6) is 0 Å². The molecule has 1 aliphatic heterocycles. The fourth-order valence-electron chi connectivity index (χ4n) is 2.55. The highest BCUT2D eigenvalue weighted by molar-refractivity contribution is 6.29. The Kier molecular flexibility index (Phi) is 2.76. The molecule has 1 aliphatic rings. The number of hydrogen-bond donors (Lipinski definition) is 0. The maximum atomic E-state index is 5.83. The average molecular weight is 251 g/mol. The standard InChI is InChI=1S/C12H15ClN4/c1-16-5-2-3-10(16)8-17-6-4-9-7-11(13)14-15-12(9)17/h4,6-7,10H,2-3,5,8H2,1H3. The average Bonchev–Trinajstić information content (AvgIpc) is 2.87. The molecule has 0 aliphatic carbocycles. The number of hydrogen-bond acceptors (Lipinski definition) is 3. The van der Waals surface area contributed by atoms with Crippen molar-refractivity contribution in [2.24, 2.45) is 0 Å². The summed E-state index contributed by atoms with van der Waals surface area (Å²) in [5.74, 6) is 0. The summed E-state index contributed by atoms with van der Waals surface area (Å²) in [6, 6.07) is 4.52. The van der Waals surface area contributed by atoms with Crippen molar-refractivity contribution in [3.8, 4) is 0 Å². The van der Waals surface area contributed by atoms with Gasteiger partial charge >= 0.3 is 0 Å². The quantitative estimate of drug-likeness (QED) is 0.819. The maximum Gasteiger partial charge on any atom is 0.162 e. The molecule has 0 saturated carbocycles. The molecule has 3 rings (SSSR count). The van der Waals surface area contributed by atoms with Crippen LogP contribution in [0.3, 0.4) is 0 Å². The highest BCUT2D eigenvalue weighted by Crippen LogP contribution is 2.20. The minimum Gasteiger partial charge on any atom is -0.329 e. The molecule has 4 nitrogen and oxygen atoms in total. The van der Waals surface area contributed by atoms with E-state index in [0.29, 0.717) is 11.2 Å². The predicted molar refractivity (Wildman–Crippen MR) is 68.2 cm³/mol. The first-order chi connectivity index (χ1) is 8.24. The van der Waals surface area contributed by atoms with Crippen molar-refractivity contribution in [2.45, 2.75) is 25.4 Å². The fourth-order valence-corrected chi connectivity index (χ4v) is 2.70. The Balaban J connectivity index is 1.90. The van der Waals surface area contributed by atoms with Gasteiger partial charge in [-0.2, -0.15) is 0 Å². The lowest BCUT2D eigenvalue weighted by molar-refractivity contribution is 0.284. The molecule has 0 radical (unpaired) electrons. The summed E-state index contributed by atoms with van der Waals surface area (Å²) in [5.41, 5.74) is 0.926. The van der Waals surface area contributed by atoms with Crippen LogP contribution < -0.4 is 0 Å². The highest BCUT2D eigenvalue weighted by atomic mass is 35.5. The Morgan fingerprint density at radius 2 is 2.35 bits per heavy atom. The Labute approximate surface area is 105 Å². The van der Waals surface area contributed by atoms with Crippen molar-refractivity contribution in [1.29, 1.82) is 0 Å². The summed E-state index contributed by atoms with van der Waals surface area (Å²) in [7, 11) is 2.19. The van der Waals surface area contributed by atoms with E-state index >= 15 is 0 Å². The van der Waals surface area contributed by atoms with Crippen molar-refractivity contribution in [3.05, 3.63) is 23.5 Å². The van der Waals surface area contributed by atoms with Gasteiger partial charge in [0.1, 0.15) is 0 Å². The highest BCUT2D eigenvalue weighted by Gasteiger charge is 2.21. The van der Waals surface area contributed by atoms with Crippen LogP contribution in [0.25, 0.3) is 11.0 Å². The second kappa shape index (κ2) is 4.27. The molecular weight excluding hydrogens is 236 g/mol. The molecule has 1 atom stereocenters. The van der Waals surface area contributed by atoms with Gasteiger partial charge in [0.15, 0.2) is 10.8 Å². The van der Waals surface area contributed by atoms with Gasteiger partial charge in [-0.25, -0.2) is 0 Å². The summed E-state index contributed by atoms with van der Waals surface area (Å²) in [5, 5.41) is 9.60. The summed E-state index contributed by atoms with van der Waals surface area (Å²) in [4.78, 5) is 2.41. The van der Waals surface area contributed by atoms with Crippen molar-refractivity contribution in [2.75, 3.05) is 13.6 Å². The van der Waals surface area contributed by atoms with Gasteiger partial charge in [-0.05, 0) is 38.6 Å². The van der Waals surface area contributed by atoms with E-state index in [9.17, 15) is 0 Å². The van der Waals surface area contributed by atoms with Crippen LogP contribution in [0, 0.1) is 0 Å². The SMILES string of the molecule is CN1CCCC1Cn1ccc2cc(Cl)nnc21. The zero-order valence-corrected chi connectivity index (χ0v) is 10.6. The van der Waals surface area contributed by atoms with Crippen LogP contribution in [0.1, 0.15) is 12.8 Å². The zero-order valence-electron chi connectivity index (χ0n) is 9.80. The van der Waals surface area contributed by atoms with Crippen molar-refractivity contribution < 1.29 is 0 Å². The first-order valence-corrected chi connectivity index (χ1v) is 6.30. The largest absolute Gasteiger partial charge is 0.329 e. The van der Waals surface area contributed by atoms with Crippen LogP contribution in [0.4, 0.5) is 0 Å². The summed E-state index contributed by atoms with van der Waals surface area (Å²) in [6.07, 6.45) is 4.62. The monoisotopic (exact) mass is 250 g/mol. The van der Waals surface area contributed by atoms with E-state index in [2.05, 4.69) is 32.9 Å². The third-order valence-electron chi connectivity index (χ3n) is 3.56. The van der Waals surface area contributed by atoms with Crippen molar-refractivity contribution in [3.63, 3.8) is 0 Å². The topological polar surface area (TPSA) is 34.0 Å². The van der Waals surface area contributed by atoms with Crippen LogP contribution >= 0.6 is 11.6 Å². The second-order valence-electron chi connectivity index (χ2n) is 4.69. The Morgan fingerprint density at radius 1 is 1.47 bits per heavy atom. The third-order valence-corrected chi connectivity index (χ3v) is 3.74.